The van der Waals surface area contributed by atoms with Crippen molar-refractivity contribution in [1.82, 2.24) is 9.88 Å². The predicted molar refractivity (Wildman–Crippen MR) is 91.9 cm³/mol. The van der Waals surface area contributed by atoms with E-state index in [1.54, 1.807) is 0 Å². The van der Waals surface area contributed by atoms with Crippen LogP contribution in [-0.4, -0.2) is 35.5 Å². The summed E-state index contributed by atoms with van der Waals surface area (Å²) in [6, 6.07) is 12.1. The molecule has 5 heteroatoms. The number of fused-ring (bicyclic) bond motifs is 1. The first-order chi connectivity index (χ1) is 11.8. The normalized spacial score (nSPS) is 20.0. The number of nitrogens with one attached hydrogen (secondary N) is 1. The second-order valence-electron chi connectivity index (χ2n) is 6.58. The summed E-state index contributed by atoms with van der Waals surface area (Å²) in [5.74, 6) is 2.17. The van der Waals surface area contributed by atoms with Gasteiger partial charge in [-0.25, -0.2) is 4.98 Å². The number of nitrogens with zero attached hydrogens (tertiary/aromatic N) is 2. The molecular weight excluding hydrogens is 302 g/mol. The summed E-state index contributed by atoms with van der Waals surface area (Å²) in [5, 5.41) is 3.41. The van der Waals surface area contributed by atoms with Crippen molar-refractivity contribution in [2.75, 3.05) is 25.0 Å². The summed E-state index contributed by atoms with van der Waals surface area (Å²) in [4.78, 5) is 18.1. The zero-order valence-electron chi connectivity index (χ0n) is 13.6. The minimum absolute atomic E-state index is 0.149. The Morgan fingerprint density at radius 2 is 2.25 bits per heavy atom. The van der Waals surface area contributed by atoms with Crippen molar-refractivity contribution in [3.8, 4) is 5.75 Å². The molecule has 1 atom stereocenters. The van der Waals surface area contributed by atoms with Crippen LogP contribution in [0.2, 0.25) is 0 Å². The third-order valence-electron chi connectivity index (χ3n) is 4.70. The van der Waals surface area contributed by atoms with E-state index < -0.39 is 0 Å². The number of carbonyl (C=O) groups is 1. The fraction of sp³-hybridized carbons (Fsp3) is 0.368. The van der Waals surface area contributed by atoms with Crippen LogP contribution in [0.3, 0.4) is 0 Å². The van der Waals surface area contributed by atoms with Crippen LogP contribution in [0.4, 0.5) is 5.82 Å². The molecule has 3 heterocycles. The van der Waals surface area contributed by atoms with Gasteiger partial charge in [0, 0.05) is 31.4 Å². The molecule has 2 aromatic rings. The van der Waals surface area contributed by atoms with Gasteiger partial charge in [0.05, 0.1) is 6.42 Å². The number of benzene rings is 1. The van der Waals surface area contributed by atoms with Gasteiger partial charge >= 0.3 is 5.97 Å². The Morgan fingerprint density at radius 3 is 3.12 bits per heavy atom. The number of ether oxygens (including phenoxy) is 1. The maximum absolute atomic E-state index is 11.3. The van der Waals surface area contributed by atoms with Crippen LogP contribution in [-0.2, 0) is 17.8 Å². The molecule has 24 heavy (non-hydrogen) atoms. The van der Waals surface area contributed by atoms with Crippen LogP contribution >= 0.6 is 0 Å². The van der Waals surface area contributed by atoms with E-state index in [-0.39, 0.29) is 5.97 Å². The molecule has 0 saturated carbocycles. The molecule has 1 aromatic heterocycles. The van der Waals surface area contributed by atoms with E-state index in [2.05, 4.69) is 21.3 Å². The number of likely N-dealkylation sites (tertiary alicyclic amines) is 1. The number of pyridine rings is 1. The predicted octanol–water partition coefficient (Wildman–Crippen LogP) is 2.48. The number of hydrogen-bond donors (Lipinski definition) is 1. The summed E-state index contributed by atoms with van der Waals surface area (Å²) >= 11 is 0. The van der Waals surface area contributed by atoms with E-state index in [4.69, 9.17) is 4.74 Å². The van der Waals surface area contributed by atoms with Crippen molar-refractivity contribution >= 4 is 11.8 Å². The molecule has 4 rings (SSSR count). The molecule has 0 amide bonds. The summed E-state index contributed by atoms with van der Waals surface area (Å²) in [7, 11) is 0. The van der Waals surface area contributed by atoms with Gasteiger partial charge in [-0.15, -0.1) is 0 Å². The molecular formula is C19H21N3O2. The Kier molecular flexibility index (Phi) is 4.17. The van der Waals surface area contributed by atoms with Gasteiger partial charge in [-0.05, 0) is 42.6 Å². The van der Waals surface area contributed by atoms with E-state index in [1.807, 2.05) is 36.5 Å². The van der Waals surface area contributed by atoms with Gasteiger partial charge < -0.3 is 10.1 Å². The SMILES string of the molecule is O=C1Cc2ccc(CN3CCC(CNc4ccccn4)C3)cc2O1. The van der Waals surface area contributed by atoms with Gasteiger partial charge in [0.25, 0.3) is 0 Å². The Hall–Kier alpha value is -2.40. The average Bonchev–Trinajstić information content (AvgIpc) is 3.19. The minimum atomic E-state index is -0.149. The molecule has 2 aliphatic heterocycles. The Balaban J connectivity index is 1.30. The average molecular weight is 323 g/mol. The number of aromatic nitrogens is 1. The van der Waals surface area contributed by atoms with Gasteiger partial charge in [0.2, 0.25) is 0 Å². The highest BCUT2D eigenvalue weighted by molar-refractivity contribution is 5.81. The molecule has 5 nitrogen and oxygen atoms in total. The lowest BCUT2D eigenvalue weighted by Gasteiger charge is -2.17. The van der Waals surface area contributed by atoms with Crippen LogP contribution in [0, 0.1) is 5.92 Å². The topological polar surface area (TPSA) is 54.5 Å². The quantitative estimate of drug-likeness (QED) is 0.677. The van der Waals surface area contributed by atoms with Gasteiger partial charge in [0.15, 0.2) is 0 Å². The van der Waals surface area contributed by atoms with E-state index in [9.17, 15) is 4.79 Å². The highest BCUT2D eigenvalue weighted by Crippen LogP contribution is 2.28. The first-order valence-corrected chi connectivity index (χ1v) is 8.46. The number of esters is 1. The van der Waals surface area contributed by atoms with Crippen LogP contribution in [0.5, 0.6) is 5.75 Å². The zero-order valence-corrected chi connectivity index (χ0v) is 13.6. The third-order valence-corrected chi connectivity index (χ3v) is 4.70. The fourth-order valence-corrected chi connectivity index (χ4v) is 3.45. The number of hydrogen-bond acceptors (Lipinski definition) is 5. The van der Waals surface area contributed by atoms with Gasteiger partial charge in [-0.2, -0.15) is 0 Å². The molecule has 1 saturated heterocycles. The Morgan fingerprint density at radius 1 is 1.29 bits per heavy atom. The summed E-state index contributed by atoms with van der Waals surface area (Å²) in [6.07, 6.45) is 3.41. The second kappa shape index (κ2) is 6.61. The van der Waals surface area contributed by atoms with Crippen LogP contribution in [0.15, 0.2) is 42.6 Å². The fourth-order valence-electron chi connectivity index (χ4n) is 3.45. The number of rotatable bonds is 5. The van der Waals surface area contributed by atoms with E-state index >= 15 is 0 Å². The van der Waals surface area contributed by atoms with Crippen LogP contribution < -0.4 is 10.1 Å². The highest BCUT2D eigenvalue weighted by Gasteiger charge is 2.24. The van der Waals surface area contributed by atoms with Crippen molar-refractivity contribution in [3.05, 3.63) is 53.7 Å². The molecule has 1 aromatic carbocycles. The summed E-state index contributed by atoms with van der Waals surface area (Å²) in [5.41, 5.74) is 2.21. The second-order valence-corrected chi connectivity index (χ2v) is 6.58. The molecule has 2 aliphatic rings. The molecule has 0 spiro atoms. The molecule has 0 aliphatic carbocycles. The smallest absolute Gasteiger partial charge is 0.315 e. The first kappa shape index (κ1) is 15.1. The minimum Gasteiger partial charge on any atom is -0.426 e. The van der Waals surface area contributed by atoms with Crippen LogP contribution in [0.1, 0.15) is 17.5 Å². The maximum Gasteiger partial charge on any atom is 0.315 e. The van der Waals surface area contributed by atoms with Gasteiger partial charge in [-0.3, -0.25) is 9.69 Å². The van der Waals surface area contributed by atoms with Gasteiger partial charge in [-0.1, -0.05) is 18.2 Å². The summed E-state index contributed by atoms with van der Waals surface area (Å²) in [6.45, 7) is 4.04. The third kappa shape index (κ3) is 3.41. The Bertz CT molecular complexity index is 733. The lowest BCUT2D eigenvalue weighted by Crippen LogP contribution is -2.22. The molecule has 0 bridgehead atoms. The van der Waals surface area contributed by atoms with Crippen LogP contribution in [0.25, 0.3) is 0 Å². The lowest BCUT2D eigenvalue weighted by molar-refractivity contribution is -0.131. The van der Waals surface area contributed by atoms with Crippen molar-refractivity contribution in [2.45, 2.75) is 19.4 Å². The summed E-state index contributed by atoms with van der Waals surface area (Å²) < 4.78 is 5.25. The first-order valence-electron chi connectivity index (χ1n) is 8.46. The Labute approximate surface area is 141 Å². The maximum atomic E-state index is 11.3. The lowest BCUT2D eigenvalue weighted by atomic mass is 10.1. The van der Waals surface area contributed by atoms with E-state index in [0.717, 1.165) is 43.3 Å². The monoisotopic (exact) mass is 323 g/mol. The van der Waals surface area contributed by atoms with Crippen molar-refractivity contribution < 1.29 is 9.53 Å². The highest BCUT2D eigenvalue weighted by atomic mass is 16.5. The molecule has 124 valence electrons. The number of carbonyl (C=O) groups excluding carboxylic acids is 1. The zero-order chi connectivity index (χ0) is 16.4. The van der Waals surface area contributed by atoms with Crippen molar-refractivity contribution in [2.24, 2.45) is 5.92 Å². The number of anilines is 1. The van der Waals surface area contributed by atoms with Crippen molar-refractivity contribution in [1.29, 1.82) is 0 Å². The molecule has 1 fully saturated rings. The van der Waals surface area contributed by atoms with Crippen molar-refractivity contribution in [3.63, 3.8) is 0 Å². The standard InChI is InChI=1S/C19H21N3O2/c23-19-10-16-5-4-14(9-17(16)24-19)12-22-8-6-15(13-22)11-21-18-3-1-2-7-20-18/h1-5,7,9,15H,6,8,10-13H2,(H,20,21). The van der Waals surface area contributed by atoms with E-state index in [0.29, 0.717) is 12.3 Å². The molecule has 1 unspecified atom stereocenters. The largest absolute Gasteiger partial charge is 0.426 e. The molecule has 1 N–H and O–H groups in total. The van der Waals surface area contributed by atoms with E-state index in [1.165, 1.54) is 12.0 Å². The van der Waals surface area contributed by atoms with Gasteiger partial charge in [0.1, 0.15) is 11.6 Å². The molecule has 0 radical (unpaired) electrons.